The van der Waals surface area contributed by atoms with Gasteiger partial charge in [0, 0.05) is 11.1 Å². The number of thioether (sulfide) groups is 1. The lowest BCUT2D eigenvalue weighted by molar-refractivity contribution is -0.115. The van der Waals surface area contributed by atoms with E-state index in [1.807, 2.05) is 16.8 Å². The second kappa shape index (κ2) is 8.37. The molecule has 4 nitrogen and oxygen atoms in total. The summed E-state index contributed by atoms with van der Waals surface area (Å²) in [6.45, 7) is 0. The Kier molecular flexibility index (Phi) is 5.95. The molecule has 0 aliphatic rings. The molecule has 2 aromatic heterocycles. The molecule has 3 rings (SSSR count). The predicted molar refractivity (Wildman–Crippen MR) is 100 cm³/mol. The van der Waals surface area contributed by atoms with Gasteiger partial charge in [-0.25, -0.2) is 9.37 Å². The zero-order valence-corrected chi connectivity index (χ0v) is 15.3. The third-order valence-corrected chi connectivity index (χ3v) is 6.10. The molecule has 8 heteroatoms. The molecule has 25 heavy (non-hydrogen) atoms. The molecule has 0 saturated carbocycles. The highest BCUT2D eigenvalue weighted by molar-refractivity contribution is 8.01. The van der Waals surface area contributed by atoms with Gasteiger partial charge in [0.05, 0.1) is 22.7 Å². The van der Waals surface area contributed by atoms with Crippen LogP contribution in [0.25, 0.3) is 0 Å². The fraction of sp³-hybridized carbons (Fsp3) is 0.118. The Morgan fingerprint density at radius 2 is 1.96 bits per heavy atom. The SMILES string of the molecule is O=C(Cc1csc(SCC(=O)c2cccs2)n1)Nc1ccc(F)cc1. The number of halogens is 1. The van der Waals surface area contributed by atoms with Crippen molar-refractivity contribution in [2.45, 2.75) is 10.8 Å². The molecule has 0 fully saturated rings. The number of nitrogens with zero attached hydrogens (tertiary/aromatic N) is 1. The molecule has 0 bridgehead atoms. The van der Waals surface area contributed by atoms with Crippen LogP contribution in [0, 0.1) is 5.82 Å². The Morgan fingerprint density at radius 1 is 1.16 bits per heavy atom. The number of hydrogen-bond acceptors (Lipinski definition) is 6. The molecule has 0 radical (unpaired) electrons. The quantitative estimate of drug-likeness (QED) is 0.475. The maximum Gasteiger partial charge on any atom is 0.230 e. The van der Waals surface area contributed by atoms with Gasteiger partial charge in [0.1, 0.15) is 5.82 Å². The van der Waals surface area contributed by atoms with Gasteiger partial charge in [0.25, 0.3) is 0 Å². The summed E-state index contributed by atoms with van der Waals surface area (Å²) in [4.78, 5) is 29.1. The second-order valence-electron chi connectivity index (χ2n) is 5.03. The molecule has 1 N–H and O–H groups in total. The second-order valence-corrected chi connectivity index (χ2v) is 8.05. The maximum absolute atomic E-state index is 12.8. The highest BCUT2D eigenvalue weighted by Gasteiger charge is 2.12. The van der Waals surface area contributed by atoms with E-state index < -0.39 is 0 Å². The molecule has 128 valence electrons. The third kappa shape index (κ3) is 5.22. The van der Waals surface area contributed by atoms with Crippen molar-refractivity contribution in [2.75, 3.05) is 11.1 Å². The number of carbonyl (C=O) groups excluding carboxylic acids is 2. The molecule has 0 saturated heterocycles. The molecule has 0 aliphatic carbocycles. The lowest BCUT2D eigenvalue weighted by atomic mass is 10.3. The number of thiazole rings is 1. The average molecular weight is 393 g/mol. The normalized spacial score (nSPS) is 10.6. The van der Waals surface area contributed by atoms with Crippen LogP contribution in [-0.4, -0.2) is 22.4 Å². The van der Waals surface area contributed by atoms with Gasteiger partial charge in [0.2, 0.25) is 5.91 Å². The Bertz CT molecular complexity index is 860. The van der Waals surface area contributed by atoms with E-state index in [1.165, 1.54) is 58.7 Å². The van der Waals surface area contributed by atoms with Crippen molar-refractivity contribution in [3.05, 3.63) is 63.5 Å². The van der Waals surface area contributed by atoms with Gasteiger partial charge in [-0.05, 0) is 35.7 Å². The molecule has 3 aromatic rings. The smallest absolute Gasteiger partial charge is 0.230 e. The van der Waals surface area contributed by atoms with Crippen molar-refractivity contribution in [1.82, 2.24) is 4.98 Å². The zero-order valence-electron chi connectivity index (χ0n) is 12.9. The van der Waals surface area contributed by atoms with Gasteiger partial charge in [-0.1, -0.05) is 17.8 Å². The number of benzene rings is 1. The van der Waals surface area contributed by atoms with E-state index in [9.17, 15) is 14.0 Å². The Balaban J connectivity index is 1.50. The molecule has 0 aliphatic heterocycles. The van der Waals surface area contributed by atoms with Crippen LogP contribution in [0.2, 0.25) is 0 Å². The number of amides is 1. The lowest BCUT2D eigenvalue weighted by Gasteiger charge is -2.03. The first kappa shape index (κ1) is 17.8. The largest absolute Gasteiger partial charge is 0.326 e. The van der Waals surface area contributed by atoms with Gasteiger partial charge in [-0.3, -0.25) is 9.59 Å². The van der Waals surface area contributed by atoms with Crippen molar-refractivity contribution < 1.29 is 14.0 Å². The van der Waals surface area contributed by atoms with E-state index in [2.05, 4.69) is 10.3 Å². The van der Waals surface area contributed by atoms with Gasteiger partial charge in [-0.15, -0.1) is 22.7 Å². The molecular formula is C17H13FN2O2S3. The zero-order chi connectivity index (χ0) is 17.6. The number of nitrogens with one attached hydrogen (secondary N) is 1. The predicted octanol–water partition coefficient (Wildman–Crippen LogP) is 4.50. The average Bonchev–Trinajstić information content (AvgIpc) is 3.26. The summed E-state index contributed by atoms with van der Waals surface area (Å²) in [5, 5.41) is 6.38. The summed E-state index contributed by atoms with van der Waals surface area (Å²) in [6, 6.07) is 9.25. The van der Waals surface area contributed by atoms with Crippen molar-refractivity contribution in [2.24, 2.45) is 0 Å². The third-order valence-electron chi connectivity index (χ3n) is 3.12. The minimum absolute atomic E-state index is 0.0748. The van der Waals surface area contributed by atoms with Crippen molar-refractivity contribution in [3.8, 4) is 0 Å². The Hall–Kier alpha value is -2.03. The number of thiophene rings is 1. The summed E-state index contributed by atoms with van der Waals surface area (Å²) in [6.07, 6.45) is 0.132. The fourth-order valence-electron chi connectivity index (χ4n) is 1.97. The number of rotatable bonds is 7. The number of carbonyl (C=O) groups is 2. The van der Waals surface area contributed by atoms with Crippen LogP contribution in [0.1, 0.15) is 15.4 Å². The maximum atomic E-state index is 12.8. The minimum Gasteiger partial charge on any atom is -0.326 e. The van der Waals surface area contributed by atoms with E-state index in [0.29, 0.717) is 17.1 Å². The van der Waals surface area contributed by atoms with Crippen LogP contribution >= 0.6 is 34.4 Å². The first-order valence-electron chi connectivity index (χ1n) is 7.29. The van der Waals surface area contributed by atoms with Gasteiger partial charge in [-0.2, -0.15) is 0 Å². The van der Waals surface area contributed by atoms with Gasteiger partial charge in [0.15, 0.2) is 10.1 Å². The molecule has 0 atom stereocenters. The molecule has 0 unspecified atom stereocenters. The number of Topliss-reactive ketones (excluding diaryl/α,β-unsaturated/α-hetero) is 1. The topological polar surface area (TPSA) is 59.1 Å². The van der Waals surface area contributed by atoms with Crippen LogP contribution in [0.15, 0.2) is 51.5 Å². The number of aromatic nitrogens is 1. The minimum atomic E-state index is -0.351. The van der Waals surface area contributed by atoms with Crippen LogP contribution in [0.3, 0.4) is 0 Å². The molecule has 0 spiro atoms. The van der Waals surface area contributed by atoms with E-state index in [0.717, 1.165) is 9.22 Å². The fourth-order valence-corrected chi connectivity index (χ4v) is 4.46. The first-order chi connectivity index (χ1) is 12.1. The summed E-state index contributed by atoms with van der Waals surface area (Å²) in [5.41, 5.74) is 1.19. The summed E-state index contributed by atoms with van der Waals surface area (Å²) in [7, 11) is 0. The monoisotopic (exact) mass is 392 g/mol. The summed E-state index contributed by atoms with van der Waals surface area (Å²) >= 11 is 4.21. The van der Waals surface area contributed by atoms with Crippen molar-refractivity contribution >= 4 is 51.8 Å². The van der Waals surface area contributed by atoms with E-state index in [1.54, 1.807) is 6.07 Å². The number of anilines is 1. The Labute approximate surface area is 156 Å². The van der Waals surface area contributed by atoms with Gasteiger partial charge >= 0.3 is 0 Å². The van der Waals surface area contributed by atoms with E-state index in [-0.39, 0.29) is 23.9 Å². The van der Waals surface area contributed by atoms with Crippen LogP contribution in [0.5, 0.6) is 0 Å². The highest BCUT2D eigenvalue weighted by atomic mass is 32.2. The summed E-state index contributed by atoms with van der Waals surface area (Å²) in [5.74, 6) is -0.167. The first-order valence-corrected chi connectivity index (χ1v) is 10.0. The van der Waals surface area contributed by atoms with E-state index >= 15 is 0 Å². The number of ketones is 1. The molecular weight excluding hydrogens is 379 g/mol. The molecule has 1 aromatic carbocycles. The molecule has 2 heterocycles. The van der Waals surface area contributed by atoms with Crippen molar-refractivity contribution in [1.29, 1.82) is 0 Å². The molecule has 1 amide bonds. The van der Waals surface area contributed by atoms with Crippen LogP contribution in [0.4, 0.5) is 10.1 Å². The summed E-state index contributed by atoms with van der Waals surface area (Å²) < 4.78 is 13.6. The highest BCUT2D eigenvalue weighted by Crippen LogP contribution is 2.24. The lowest BCUT2D eigenvalue weighted by Crippen LogP contribution is -2.14. The van der Waals surface area contributed by atoms with Gasteiger partial charge < -0.3 is 5.32 Å². The van der Waals surface area contributed by atoms with Crippen LogP contribution in [-0.2, 0) is 11.2 Å². The Morgan fingerprint density at radius 3 is 2.68 bits per heavy atom. The number of hydrogen-bond donors (Lipinski definition) is 1. The standard InChI is InChI=1S/C17H13FN2O2S3/c18-11-3-5-12(6-4-11)19-16(22)8-13-9-24-17(20-13)25-10-14(21)15-2-1-7-23-15/h1-7,9H,8,10H2,(H,19,22). The van der Waals surface area contributed by atoms with Crippen LogP contribution < -0.4 is 5.32 Å². The van der Waals surface area contributed by atoms with E-state index in [4.69, 9.17) is 0 Å². The van der Waals surface area contributed by atoms with Crippen molar-refractivity contribution in [3.63, 3.8) is 0 Å².